The van der Waals surface area contributed by atoms with Crippen molar-refractivity contribution in [1.29, 1.82) is 0 Å². The second-order valence-electron chi connectivity index (χ2n) is 4.88. The predicted molar refractivity (Wildman–Crippen MR) is 57.6 cm³/mol. The first-order valence-electron chi connectivity index (χ1n) is 5.80. The lowest BCUT2D eigenvalue weighted by Crippen LogP contribution is -2.44. The fraction of sp³-hybridized carbons (Fsp3) is 0.909. The van der Waals surface area contributed by atoms with Gasteiger partial charge in [-0.3, -0.25) is 4.79 Å². The molecule has 2 fully saturated rings. The normalized spacial score (nSPS) is 30.5. The Labute approximate surface area is 90.8 Å². The van der Waals surface area contributed by atoms with Crippen LogP contribution in [-0.2, 0) is 9.53 Å². The molecule has 15 heavy (non-hydrogen) atoms. The van der Waals surface area contributed by atoms with Crippen LogP contribution >= 0.6 is 0 Å². The summed E-state index contributed by atoms with van der Waals surface area (Å²) in [6.45, 7) is 4.49. The van der Waals surface area contributed by atoms with E-state index in [1.165, 1.54) is 0 Å². The van der Waals surface area contributed by atoms with Gasteiger partial charge in [-0.1, -0.05) is 0 Å². The minimum atomic E-state index is 0.0832. The number of amides is 1. The SMILES string of the molecule is CC1(NCCC(=O)NC2CC2)CCOC1. The predicted octanol–water partition coefficient (Wildman–Crippen LogP) is 0.424. The molecule has 0 bridgehead atoms. The molecule has 0 radical (unpaired) electrons. The van der Waals surface area contributed by atoms with Gasteiger partial charge in [-0.15, -0.1) is 0 Å². The number of carbonyl (C=O) groups is 1. The summed E-state index contributed by atoms with van der Waals surface area (Å²) in [4.78, 5) is 11.4. The maximum absolute atomic E-state index is 11.4. The van der Waals surface area contributed by atoms with Crippen molar-refractivity contribution in [2.75, 3.05) is 19.8 Å². The third-order valence-corrected chi connectivity index (χ3v) is 3.07. The van der Waals surface area contributed by atoms with Crippen molar-refractivity contribution in [3.05, 3.63) is 0 Å². The van der Waals surface area contributed by atoms with E-state index in [0.29, 0.717) is 12.5 Å². The van der Waals surface area contributed by atoms with Gasteiger partial charge < -0.3 is 15.4 Å². The molecule has 0 aromatic carbocycles. The molecule has 1 saturated carbocycles. The zero-order valence-corrected chi connectivity index (χ0v) is 9.34. The maximum atomic E-state index is 11.4. The maximum Gasteiger partial charge on any atom is 0.221 e. The van der Waals surface area contributed by atoms with Gasteiger partial charge in [0.15, 0.2) is 0 Å². The third-order valence-electron chi connectivity index (χ3n) is 3.07. The molecule has 1 atom stereocenters. The topological polar surface area (TPSA) is 50.4 Å². The van der Waals surface area contributed by atoms with Gasteiger partial charge in [-0.25, -0.2) is 0 Å². The number of hydrogen-bond donors (Lipinski definition) is 2. The van der Waals surface area contributed by atoms with E-state index < -0.39 is 0 Å². The average molecular weight is 212 g/mol. The van der Waals surface area contributed by atoms with Gasteiger partial charge in [0.25, 0.3) is 0 Å². The largest absolute Gasteiger partial charge is 0.379 e. The molecule has 1 unspecified atom stereocenters. The highest BCUT2D eigenvalue weighted by molar-refractivity contribution is 5.76. The molecule has 2 aliphatic rings. The van der Waals surface area contributed by atoms with Crippen molar-refractivity contribution in [1.82, 2.24) is 10.6 Å². The summed E-state index contributed by atoms with van der Waals surface area (Å²) < 4.78 is 5.33. The molecule has 1 saturated heterocycles. The van der Waals surface area contributed by atoms with Gasteiger partial charge in [-0.2, -0.15) is 0 Å². The van der Waals surface area contributed by atoms with Crippen LogP contribution < -0.4 is 10.6 Å². The van der Waals surface area contributed by atoms with Crippen LogP contribution in [0.25, 0.3) is 0 Å². The highest BCUT2D eigenvalue weighted by Gasteiger charge is 2.29. The smallest absolute Gasteiger partial charge is 0.221 e. The van der Waals surface area contributed by atoms with Gasteiger partial charge in [-0.05, 0) is 26.2 Å². The molecule has 2 rings (SSSR count). The molecule has 1 heterocycles. The number of rotatable bonds is 5. The Morgan fingerprint density at radius 1 is 1.53 bits per heavy atom. The van der Waals surface area contributed by atoms with Crippen LogP contribution in [0.5, 0.6) is 0 Å². The van der Waals surface area contributed by atoms with E-state index >= 15 is 0 Å². The van der Waals surface area contributed by atoms with E-state index in [0.717, 1.165) is 39.0 Å². The second-order valence-corrected chi connectivity index (χ2v) is 4.88. The van der Waals surface area contributed by atoms with Gasteiger partial charge >= 0.3 is 0 Å². The molecule has 1 amide bonds. The summed E-state index contributed by atoms with van der Waals surface area (Å²) in [7, 11) is 0. The highest BCUT2D eigenvalue weighted by Crippen LogP contribution is 2.19. The van der Waals surface area contributed by atoms with Crippen LogP contribution in [-0.4, -0.2) is 37.2 Å². The molecular weight excluding hydrogens is 192 g/mol. The average Bonchev–Trinajstić information content (AvgIpc) is 2.88. The summed E-state index contributed by atoms with van der Waals surface area (Å²) in [5, 5.41) is 6.38. The van der Waals surface area contributed by atoms with E-state index in [4.69, 9.17) is 4.74 Å². The zero-order valence-electron chi connectivity index (χ0n) is 9.34. The minimum Gasteiger partial charge on any atom is -0.379 e. The molecule has 4 heteroatoms. The first-order valence-corrected chi connectivity index (χ1v) is 5.80. The molecule has 1 aliphatic heterocycles. The van der Waals surface area contributed by atoms with Crippen molar-refractivity contribution < 1.29 is 9.53 Å². The minimum absolute atomic E-state index is 0.0832. The fourth-order valence-electron chi connectivity index (χ4n) is 1.81. The standard InChI is InChI=1S/C11H20N2O2/c1-11(5-7-15-8-11)12-6-4-10(14)13-9-2-3-9/h9,12H,2-8H2,1H3,(H,13,14). The van der Waals surface area contributed by atoms with E-state index in [-0.39, 0.29) is 11.4 Å². The quantitative estimate of drug-likeness (QED) is 0.694. The Bertz CT molecular complexity index is 233. The van der Waals surface area contributed by atoms with Gasteiger partial charge in [0, 0.05) is 31.2 Å². The number of hydrogen-bond acceptors (Lipinski definition) is 3. The first-order chi connectivity index (χ1) is 7.18. The zero-order chi connectivity index (χ0) is 10.7. The van der Waals surface area contributed by atoms with Gasteiger partial charge in [0.1, 0.15) is 0 Å². The highest BCUT2D eigenvalue weighted by atomic mass is 16.5. The lowest BCUT2D eigenvalue weighted by molar-refractivity contribution is -0.121. The van der Waals surface area contributed by atoms with Crippen molar-refractivity contribution in [2.24, 2.45) is 0 Å². The van der Waals surface area contributed by atoms with Crippen LogP contribution in [0.4, 0.5) is 0 Å². The van der Waals surface area contributed by atoms with Crippen LogP contribution in [0.1, 0.15) is 32.6 Å². The van der Waals surface area contributed by atoms with E-state index in [1.54, 1.807) is 0 Å². The van der Waals surface area contributed by atoms with Crippen molar-refractivity contribution >= 4 is 5.91 Å². The van der Waals surface area contributed by atoms with Crippen molar-refractivity contribution in [3.8, 4) is 0 Å². The Morgan fingerprint density at radius 2 is 2.33 bits per heavy atom. The fourth-order valence-corrected chi connectivity index (χ4v) is 1.81. The Morgan fingerprint density at radius 3 is 2.93 bits per heavy atom. The van der Waals surface area contributed by atoms with Gasteiger partial charge in [0.05, 0.1) is 6.61 Å². The number of nitrogens with one attached hydrogen (secondary N) is 2. The van der Waals surface area contributed by atoms with Crippen LogP contribution in [0.3, 0.4) is 0 Å². The summed E-state index contributed by atoms with van der Waals surface area (Å²) >= 11 is 0. The first kappa shape index (κ1) is 10.9. The Hall–Kier alpha value is -0.610. The lowest BCUT2D eigenvalue weighted by Gasteiger charge is -2.23. The third kappa shape index (κ3) is 3.47. The van der Waals surface area contributed by atoms with E-state index in [9.17, 15) is 4.79 Å². The summed E-state index contributed by atoms with van der Waals surface area (Å²) in [5.41, 5.74) is 0.0832. The molecule has 0 aromatic rings. The Kier molecular flexibility index (Phi) is 3.26. The van der Waals surface area contributed by atoms with Crippen LogP contribution in [0, 0.1) is 0 Å². The van der Waals surface area contributed by atoms with Crippen molar-refractivity contribution in [3.63, 3.8) is 0 Å². The summed E-state index contributed by atoms with van der Waals surface area (Å²) in [5.74, 6) is 0.174. The van der Waals surface area contributed by atoms with Gasteiger partial charge in [0.2, 0.25) is 5.91 Å². The number of carbonyl (C=O) groups excluding carboxylic acids is 1. The molecule has 2 N–H and O–H groups in total. The second kappa shape index (κ2) is 4.49. The lowest BCUT2D eigenvalue weighted by atomic mass is 10.0. The van der Waals surface area contributed by atoms with Crippen molar-refractivity contribution in [2.45, 2.75) is 44.2 Å². The molecular formula is C11H20N2O2. The monoisotopic (exact) mass is 212 g/mol. The molecule has 86 valence electrons. The molecule has 0 aromatic heterocycles. The van der Waals surface area contributed by atoms with Crippen LogP contribution in [0.2, 0.25) is 0 Å². The summed E-state index contributed by atoms with van der Waals surface area (Å²) in [6.07, 6.45) is 3.93. The molecule has 0 spiro atoms. The van der Waals surface area contributed by atoms with E-state index in [2.05, 4.69) is 17.6 Å². The molecule has 1 aliphatic carbocycles. The van der Waals surface area contributed by atoms with Crippen LogP contribution in [0.15, 0.2) is 0 Å². The molecule has 4 nitrogen and oxygen atoms in total. The van der Waals surface area contributed by atoms with E-state index in [1.807, 2.05) is 0 Å². The Balaban J connectivity index is 1.58. The number of ether oxygens (including phenoxy) is 1. The summed E-state index contributed by atoms with van der Waals surface area (Å²) in [6, 6.07) is 0.475.